The molecule has 0 radical (unpaired) electrons. The fraction of sp³-hybridized carbons (Fsp3) is 0.286. The Morgan fingerprint density at radius 1 is 0.964 bits per heavy atom. The number of likely N-dealkylation sites (N-methyl/N-ethyl adjacent to an activating group) is 1. The van der Waals surface area contributed by atoms with Crippen molar-refractivity contribution in [2.24, 2.45) is 0 Å². The summed E-state index contributed by atoms with van der Waals surface area (Å²) >= 11 is 0. The second kappa shape index (κ2) is 8.99. The Kier molecular flexibility index (Phi) is 6.94. The van der Waals surface area contributed by atoms with Gasteiger partial charge >= 0.3 is 0 Å². The highest BCUT2D eigenvalue weighted by Crippen LogP contribution is 2.34. The molecule has 0 fully saturated rings. The molecule has 2 aromatic carbocycles. The molecule has 0 aromatic heterocycles. The summed E-state index contributed by atoms with van der Waals surface area (Å²) in [5.41, 5.74) is 0.565. The first-order chi connectivity index (χ1) is 13.0. The monoisotopic (exact) mass is 402 g/mol. The second-order valence-electron chi connectivity index (χ2n) is 6.37. The summed E-state index contributed by atoms with van der Waals surface area (Å²) < 4.78 is 0. The molecule has 148 valence electrons. The highest BCUT2D eigenvalue weighted by molar-refractivity contribution is 6.30. The van der Waals surface area contributed by atoms with E-state index in [1.807, 2.05) is 13.8 Å². The molecule has 1 aliphatic rings. The van der Waals surface area contributed by atoms with Gasteiger partial charge in [-0.25, -0.2) is 0 Å². The maximum atomic E-state index is 12.8. The standard InChI is InChI=1S/C21H22N2O4.ClH/c1-3-23(4-2)12-11-22-21(27)16-10-9-15-17(20(16)26)19(25)14-8-6-5-7-13(14)18(15)24;/h5-10,26H,3-4,11-12H2,1-2H3,(H,22,27);1H. The number of phenols is 1. The van der Waals surface area contributed by atoms with Crippen LogP contribution in [0.2, 0.25) is 0 Å². The molecule has 0 atom stereocenters. The maximum absolute atomic E-state index is 12.8. The van der Waals surface area contributed by atoms with Crippen molar-refractivity contribution in [1.29, 1.82) is 0 Å². The van der Waals surface area contributed by atoms with Gasteiger partial charge in [0.1, 0.15) is 5.75 Å². The van der Waals surface area contributed by atoms with Crippen LogP contribution in [0.25, 0.3) is 0 Å². The van der Waals surface area contributed by atoms with Gasteiger partial charge in [0, 0.05) is 29.8 Å². The van der Waals surface area contributed by atoms with Gasteiger partial charge in [-0.1, -0.05) is 38.1 Å². The van der Waals surface area contributed by atoms with Crippen molar-refractivity contribution in [3.8, 4) is 5.75 Å². The van der Waals surface area contributed by atoms with E-state index in [1.165, 1.54) is 12.1 Å². The SMILES string of the molecule is CCN(CC)CCNC(=O)c1ccc2c(c1O)C(=O)c1ccccc1C2=O.Cl. The molecule has 6 nitrogen and oxygen atoms in total. The summed E-state index contributed by atoms with van der Waals surface area (Å²) in [6.07, 6.45) is 0. The number of benzene rings is 2. The normalized spacial score (nSPS) is 12.2. The van der Waals surface area contributed by atoms with E-state index < -0.39 is 17.4 Å². The number of carbonyl (C=O) groups is 3. The van der Waals surface area contributed by atoms with Crippen LogP contribution in [0, 0.1) is 0 Å². The molecule has 28 heavy (non-hydrogen) atoms. The van der Waals surface area contributed by atoms with Crippen molar-refractivity contribution in [3.05, 3.63) is 64.2 Å². The Balaban J connectivity index is 0.00000280. The van der Waals surface area contributed by atoms with Crippen LogP contribution in [0.1, 0.15) is 56.0 Å². The van der Waals surface area contributed by atoms with Crippen LogP contribution in [0.4, 0.5) is 0 Å². The number of hydrogen-bond donors (Lipinski definition) is 2. The van der Waals surface area contributed by atoms with Crippen molar-refractivity contribution in [2.75, 3.05) is 26.2 Å². The zero-order valence-corrected chi connectivity index (χ0v) is 16.6. The number of aromatic hydroxyl groups is 1. The first-order valence-electron chi connectivity index (χ1n) is 9.04. The quantitative estimate of drug-likeness (QED) is 0.662. The van der Waals surface area contributed by atoms with E-state index in [0.29, 0.717) is 18.7 Å². The number of nitrogens with zero attached hydrogens (tertiary/aromatic N) is 1. The second-order valence-corrected chi connectivity index (χ2v) is 6.37. The number of nitrogens with one attached hydrogen (secondary N) is 1. The first-order valence-corrected chi connectivity index (χ1v) is 9.04. The van der Waals surface area contributed by atoms with E-state index in [1.54, 1.807) is 24.3 Å². The van der Waals surface area contributed by atoms with Gasteiger partial charge in [-0.3, -0.25) is 14.4 Å². The number of halogens is 1. The number of ketones is 2. The fourth-order valence-electron chi connectivity index (χ4n) is 3.31. The predicted molar refractivity (Wildman–Crippen MR) is 109 cm³/mol. The van der Waals surface area contributed by atoms with Gasteiger partial charge in [0.25, 0.3) is 5.91 Å². The van der Waals surface area contributed by atoms with Crippen LogP contribution < -0.4 is 5.32 Å². The van der Waals surface area contributed by atoms with Gasteiger partial charge in [-0.2, -0.15) is 0 Å². The third kappa shape index (κ3) is 3.79. The van der Waals surface area contributed by atoms with Crippen molar-refractivity contribution in [1.82, 2.24) is 10.2 Å². The van der Waals surface area contributed by atoms with Crippen LogP contribution >= 0.6 is 12.4 Å². The minimum absolute atomic E-state index is 0. The summed E-state index contributed by atoms with van der Waals surface area (Å²) in [7, 11) is 0. The molecule has 0 unspecified atom stereocenters. The van der Waals surface area contributed by atoms with E-state index in [0.717, 1.165) is 13.1 Å². The van der Waals surface area contributed by atoms with Crippen molar-refractivity contribution >= 4 is 29.9 Å². The Morgan fingerprint density at radius 2 is 1.57 bits per heavy atom. The largest absolute Gasteiger partial charge is 0.506 e. The van der Waals surface area contributed by atoms with Gasteiger partial charge < -0.3 is 15.3 Å². The number of fused-ring (bicyclic) bond motifs is 2. The molecule has 0 aliphatic heterocycles. The molecule has 2 N–H and O–H groups in total. The number of amides is 1. The first kappa shape index (κ1) is 21.6. The minimum Gasteiger partial charge on any atom is -0.506 e. The average molecular weight is 403 g/mol. The van der Waals surface area contributed by atoms with Gasteiger partial charge in [0.15, 0.2) is 11.6 Å². The molecule has 0 saturated carbocycles. The van der Waals surface area contributed by atoms with E-state index in [2.05, 4.69) is 10.2 Å². The molecule has 3 rings (SSSR count). The molecule has 0 saturated heterocycles. The van der Waals surface area contributed by atoms with Crippen LogP contribution in [-0.2, 0) is 0 Å². The van der Waals surface area contributed by atoms with Gasteiger partial charge in [-0.05, 0) is 25.2 Å². The van der Waals surface area contributed by atoms with E-state index in [9.17, 15) is 19.5 Å². The van der Waals surface area contributed by atoms with E-state index in [4.69, 9.17) is 0 Å². The summed E-state index contributed by atoms with van der Waals surface area (Å²) in [6, 6.07) is 9.31. The zero-order chi connectivity index (χ0) is 19.6. The summed E-state index contributed by atoms with van der Waals surface area (Å²) in [4.78, 5) is 40.0. The Bertz CT molecular complexity index is 923. The zero-order valence-electron chi connectivity index (χ0n) is 15.8. The Hall–Kier alpha value is -2.70. The van der Waals surface area contributed by atoms with Crippen molar-refractivity contribution in [2.45, 2.75) is 13.8 Å². The summed E-state index contributed by atoms with van der Waals surface area (Å²) in [5.74, 6) is -1.69. The van der Waals surface area contributed by atoms with Crippen molar-refractivity contribution < 1.29 is 19.5 Å². The molecule has 1 aliphatic carbocycles. The smallest absolute Gasteiger partial charge is 0.255 e. The summed E-state index contributed by atoms with van der Waals surface area (Å²) in [6.45, 7) is 6.96. The van der Waals surface area contributed by atoms with Gasteiger partial charge in [-0.15, -0.1) is 12.4 Å². The molecule has 0 heterocycles. The van der Waals surface area contributed by atoms with Gasteiger partial charge in [0.05, 0.1) is 11.1 Å². The topological polar surface area (TPSA) is 86.7 Å². The molecule has 0 bridgehead atoms. The summed E-state index contributed by atoms with van der Waals surface area (Å²) in [5, 5.41) is 13.3. The van der Waals surface area contributed by atoms with Crippen LogP contribution in [0.3, 0.4) is 0 Å². The number of carbonyl (C=O) groups excluding carboxylic acids is 3. The van der Waals surface area contributed by atoms with Crippen LogP contribution in [0.15, 0.2) is 36.4 Å². The molecule has 7 heteroatoms. The lowest BCUT2D eigenvalue weighted by atomic mass is 9.82. The number of rotatable bonds is 6. The molecule has 0 spiro atoms. The minimum atomic E-state index is -0.471. The third-order valence-corrected chi connectivity index (χ3v) is 4.92. The number of phenolic OH excluding ortho intramolecular Hbond substituents is 1. The molecular formula is C21H23ClN2O4. The fourth-order valence-corrected chi connectivity index (χ4v) is 3.31. The average Bonchev–Trinajstić information content (AvgIpc) is 2.69. The Labute approximate surface area is 170 Å². The predicted octanol–water partition coefficient (Wildman–Crippen LogP) is 2.66. The maximum Gasteiger partial charge on any atom is 0.255 e. The molecule has 1 amide bonds. The van der Waals surface area contributed by atoms with Crippen LogP contribution in [-0.4, -0.2) is 53.7 Å². The Morgan fingerprint density at radius 3 is 2.18 bits per heavy atom. The highest BCUT2D eigenvalue weighted by Gasteiger charge is 2.33. The molecule has 2 aromatic rings. The van der Waals surface area contributed by atoms with Gasteiger partial charge in [0.2, 0.25) is 0 Å². The van der Waals surface area contributed by atoms with Crippen molar-refractivity contribution in [3.63, 3.8) is 0 Å². The number of hydrogen-bond acceptors (Lipinski definition) is 5. The lowest BCUT2D eigenvalue weighted by Crippen LogP contribution is -2.35. The van der Waals surface area contributed by atoms with E-state index in [-0.39, 0.29) is 40.4 Å². The van der Waals surface area contributed by atoms with Crippen LogP contribution in [0.5, 0.6) is 5.75 Å². The lowest BCUT2D eigenvalue weighted by Gasteiger charge is -2.20. The van der Waals surface area contributed by atoms with E-state index >= 15 is 0 Å². The lowest BCUT2D eigenvalue weighted by molar-refractivity contribution is 0.0943. The third-order valence-electron chi connectivity index (χ3n) is 4.92. The highest BCUT2D eigenvalue weighted by atomic mass is 35.5. The molecular weight excluding hydrogens is 380 g/mol.